The summed E-state index contributed by atoms with van der Waals surface area (Å²) in [6, 6.07) is 13.9. The molecule has 3 aromatic rings. The first-order valence-corrected chi connectivity index (χ1v) is 9.39. The second-order valence-corrected chi connectivity index (χ2v) is 7.63. The fourth-order valence-corrected chi connectivity index (χ4v) is 3.98. The van der Waals surface area contributed by atoms with Crippen molar-refractivity contribution in [3.05, 3.63) is 64.8 Å². The number of aromatic nitrogens is 1. The third kappa shape index (κ3) is 4.45. The van der Waals surface area contributed by atoms with Crippen molar-refractivity contribution in [2.45, 2.75) is 52.5 Å². The van der Waals surface area contributed by atoms with Crippen molar-refractivity contribution in [1.82, 2.24) is 4.57 Å². The van der Waals surface area contributed by atoms with Crippen molar-refractivity contribution < 1.29 is 44.6 Å². The second-order valence-electron chi connectivity index (χ2n) is 7.63. The number of hydrogen-bond acceptors (Lipinski definition) is 3. The Morgan fingerprint density at radius 2 is 1.82 bits per heavy atom. The number of phenolic OH excluding ortho intramolecular Hbond substituents is 1. The molecule has 0 bridgehead atoms. The molecule has 0 spiro atoms. The Hall–Kier alpha value is -1.75. The molecule has 1 aromatic heterocycles. The number of rotatable bonds is 6. The minimum atomic E-state index is -1.03. The van der Waals surface area contributed by atoms with Crippen LogP contribution in [0.1, 0.15) is 61.4 Å². The zero-order valence-corrected chi connectivity index (χ0v) is 19.3. The molecule has 0 saturated carbocycles. The second kappa shape index (κ2) is 9.17. The summed E-state index contributed by atoms with van der Waals surface area (Å²) in [7, 11) is 0. The van der Waals surface area contributed by atoms with Gasteiger partial charge >= 0.3 is 29.6 Å². The first kappa shape index (κ1) is 22.5. The van der Waals surface area contributed by atoms with Gasteiger partial charge in [0, 0.05) is 29.1 Å². The molecule has 0 aliphatic heterocycles. The van der Waals surface area contributed by atoms with Crippen LogP contribution in [0.5, 0.6) is 5.75 Å². The van der Waals surface area contributed by atoms with Crippen molar-refractivity contribution in [2.75, 3.05) is 0 Å². The summed E-state index contributed by atoms with van der Waals surface area (Å²) in [5, 5.41) is 22.3. The summed E-state index contributed by atoms with van der Waals surface area (Å²) in [5.41, 5.74) is 5.28. The van der Waals surface area contributed by atoms with Crippen molar-refractivity contribution in [3.8, 4) is 5.75 Å². The monoisotopic (exact) mass is 387 g/mol. The van der Waals surface area contributed by atoms with Gasteiger partial charge in [-0.25, -0.2) is 0 Å². The fourth-order valence-electron chi connectivity index (χ4n) is 3.98. The first-order chi connectivity index (χ1) is 12.8. The largest absolute Gasteiger partial charge is 1.00 e. The van der Waals surface area contributed by atoms with Crippen LogP contribution in [-0.2, 0) is 11.3 Å². The van der Waals surface area contributed by atoms with Crippen LogP contribution in [0.25, 0.3) is 10.9 Å². The van der Waals surface area contributed by atoms with E-state index in [9.17, 15) is 15.0 Å². The van der Waals surface area contributed by atoms with Crippen molar-refractivity contribution >= 4 is 16.9 Å². The van der Waals surface area contributed by atoms with Gasteiger partial charge in [-0.3, -0.25) is 0 Å². The number of carboxylic acid groups (broad SMARTS) is 1. The average molecular weight is 387 g/mol. The van der Waals surface area contributed by atoms with Crippen LogP contribution in [0, 0.1) is 6.92 Å². The van der Waals surface area contributed by atoms with E-state index < -0.39 is 5.97 Å². The molecule has 0 radical (unpaired) electrons. The zero-order chi connectivity index (χ0) is 19.7. The molecule has 1 atom stereocenters. The topological polar surface area (TPSA) is 65.3 Å². The van der Waals surface area contributed by atoms with E-state index in [0.717, 1.165) is 33.3 Å². The van der Waals surface area contributed by atoms with Gasteiger partial charge in [-0.1, -0.05) is 51.1 Å². The molecule has 3 rings (SSSR count). The number of benzene rings is 2. The number of para-hydroxylation sites is 1. The Balaban J connectivity index is 0.00000280. The number of carbonyl (C=O) groups excluding carboxylic acids is 1. The van der Waals surface area contributed by atoms with E-state index >= 15 is 0 Å². The van der Waals surface area contributed by atoms with Gasteiger partial charge in [0.1, 0.15) is 5.75 Å². The number of fused-ring (bicyclic) bond motifs is 1. The number of nitrogens with zero attached hydrogens (tertiary/aromatic N) is 1. The van der Waals surface area contributed by atoms with Crippen LogP contribution in [0.15, 0.2) is 42.5 Å². The number of carbonyl (C=O) groups is 1. The maximum atomic E-state index is 11.1. The van der Waals surface area contributed by atoms with Gasteiger partial charge < -0.3 is 19.6 Å². The van der Waals surface area contributed by atoms with Gasteiger partial charge in [-0.15, -0.1) is 0 Å². The molecule has 2 aromatic carbocycles. The predicted molar refractivity (Wildman–Crippen MR) is 106 cm³/mol. The van der Waals surface area contributed by atoms with Crippen LogP contribution in [0.4, 0.5) is 0 Å². The molecule has 4 nitrogen and oxygen atoms in total. The summed E-state index contributed by atoms with van der Waals surface area (Å²) in [5.74, 6) is -0.580. The van der Waals surface area contributed by atoms with Gasteiger partial charge in [0.25, 0.3) is 0 Å². The Bertz CT molecular complexity index is 991. The average Bonchev–Trinajstić information content (AvgIpc) is 2.88. The van der Waals surface area contributed by atoms with Crippen LogP contribution in [0.2, 0.25) is 0 Å². The first-order valence-electron chi connectivity index (χ1n) is 9.39. The molecule has 0 aliphatic carbocycles. The minimum absolute atomic E-state index is 0. The van der Waals surface area contributed by atoms with Crippen LogP contribution in [-0.4, -0.2) is 15.6 Å². The van der Waals surface area contributed by atoms with Gasteiger partial charge in [0.2, 0.25) is 0 Å². The van der Waals surface area contributed by atoms with E-state index in [0.29, 0.717) is 12.3 Å². The SMILES string of the molecule is Cc1c(C(C)CC(=O)[O-])c2ccccc2n1Cc1ccc(O)c(C(C)C)c1.[Na+]. The standard InChI is InChI=1S/C23H27NO3.Na/c1-14(2)19-12-17(9-10-21(19)25)13-24-16(4)23(15(3)11-22(26)27)18-7-5-6-8-20(18)24;/h5-10,12,14-15,25H,11,13H2,1-4H3,(H,26,27);/q;+1/p-1. The molecule has 0 aliphatic rings. The van der Waals surface area contributed by atoms with Crippen molar-refractivity contribution in [2.24, 2.45) is 0 Å². The minimum Gasteiger partial charge on any atom is -0.550 e. The van der Waals surface area contributed by atoms with E-state index in [1.165, 1.54) is 0 Å². The Labute approximate surface area is 188 Å². The van der Waals surface area contributed by atoms with Gasteiger partial charge in [-0.05, 0) is 54.0 Å². The third-order valence-corrected chi connectivity index (χ3v) is 5.30. The normalized spacial score (nSPS) is 12.2. The number of aromatic hydroxyl groups is 1. The summed E-state index contributed by atoms with van der Waals surface area (Å²) >= 11 is 0. The van der Waals surface area contributed by atoms with Gasteiger partial charge in [0.05, 0.1) is 0 Å². The van der Waals surface area contributed by atoms with E-state index in [-0.39, 0.29) is 47.8 Å². The van der Waals surface area contributed by atoms with E-state index in [1.54, 1.807) is 6.07 Å². The summed E-state index contributed by atoms with van der Waals surface area (Å²) < 4.78 is 2.23. The van der Waals surface area contributed by atoms with Gasteiger partial charge in [0.15, 0.2) is 0 Å². The quantitative estimate of drug-likeness (QED) is 0.644. The molecule has 1 unspecified atom stereocenters. The predicted octanol–water partition coefficient (Wildman–Crippen LogP) is 1.07. The molecular formula is C23H26NNaO3. The number of hydrogen-bond donors (Lipinski definition) is 1. The fraction of sp³-hybridized carbons (Fsp3) is 0.348. The molecule has 1 N–H and O–H groups in total. The molecule has 5 heteroatoms. The van der Waals surface area contributed by atoms with Crippen LogP contribution >= 0.6 is 0 Å². The summed E-state index contributed by atoms with van der Waals surface area (Å²) in [6.07, 6.45) is 0.00551. The molecular weight excluding hydrogens is 361 g/mol. The molecule has 0 saturated heterocycles. The van der Waals surface area contributed by atoms with E-state index in [4.69, 9.17) is 0 Å². The molecule has 28 heavy (non-hydrogen) atoms. The van der Waals surface area contributed by atoms with Crippen LogP contribution < -0.4 is 34.7 Å². The number of carboxylic acids is 1. The molecule has 0 amide bonds. The number of aliphatic carboxylic acids is 1. The smallest absolute Gasteiger partial charge is 0.550 e. The molecule has 1 heterocycles. The third-order valence-electron chi connectivity index (χ3n) is 5.30. The summed E-state index contributed by atoms with van der Waals surface area (Å²) in [6.45, 7) is 8.78. The Morgan fingerprint density at radius 1 is 1.14 bits per heavy atom. The van der Waals surface area contributed by atoms with Crippen molar-refractivity contribution in [1.29, 1.82) is 0 Å². The van der Waals surface area contributed by atoms with Crippen LogP contribution in [0.3, 0.4) is 0 Å². The Morgan fingerprint density at radius 3 is 2.46 bits per heavy atom. The van der Waals surface area contributed by atoms with Crippen molar-refractivity contribution in [3.63, 3.8) is 0 Å². The molecule has 0 fully saturated rings. The van der Waals surface area contributed by atoms with Gasteiger partial charge in [-0.2, -0.15) is 0 Å². The maximum absolute atomic E-state index is 11.1. The molecule has 142 valence electrons. The Kier molecular flexibility index (Phi) is 7.38. The zero-order valence-electron chi connectivity index (χ0n) is 17.3. The van der Waals surface area contributed by atoms with E-state index in [1.807, 2.05) is 32.0 Å². The maximum Gasteiger partial charge on any atom is 1.00 e. The number of phenols is 1. The van der Waals surface area contributed by atoms with E-state index in [2.05, 4.69) is 36.6 Å². The summed E-state index contributed by atoms with van der Waals surface area (Å²) in [4.78, 5) is 11.1.